The zero-order chi connectivity index (χ0) is 24.7. The molecule has 32 heavy (non-hydrogen) atoms. The summed E-state index contributed by atoms with van der Waals surface area (Å²) < 4.78 is 0. The van der Waals surface area contributed by atoms with E-state index in [0.717, 1.165) is 0 Å². The van der Waals surface area contributed by atoms with Crippen LogP contribution in [0.1, 0.15) is 45.4 Å². The lowest BCUT2D eigenvalue weighted by Crippen LogP contribution is -2.56. The number of carboxylic acid groups (broad SMARTS) is 1. The Kier molecular flexibility index (Phi) is 15.1. The summed E-state index contributed by atoms with van der Waals surface area (Å²) >= 11 is 1.52. The molecule has 0 rings (SSSR count). The summed E-state index contributed by atoms with van der Waals surface area (Å²) in [5.74, 6) is -3.17. The van der Waals surface area contributed by atoms with Crippen LogP contribution in [0.5, 0.6) is 0 Å². The lowest BCUT2D eigenvalue weighted by Gasteiger charge is -2.23. The number of hydrogen-bond donors (Lipinski definition) is 7. The van der Waals surface area contributed by atoms with E-state index in [0.29, 0.717) is 31.6 Å². The third-order valence-electron chi connectivity index (χ3n) is 4.60. The van der Waals surface area contributed by atoms with E-state index >= 15 is 0 Å². The second kappa shape index (κ2) is 16.3. The first-order valence-electron chi connectivity index (χ1n) is 10.4. The van der Waals surface area contributed by atoms with E-state index in [4.69, 9.17) is 17.2 Å². The van der Waals surface area contributed by atoms with Gasteiger partial charge >= 0.3 is 5.97 Å². The maximum atomic E-state index is 12.6. The number of carbonyl (C=O) groups is 5. The maximum Gasteiger partial charge on any atom is 0.326 e. The Hall–Kier alpha value is -2.38. The highest BCUT2D eigenvalue weighted by molar-refractivity contribution is 7.98. The van der Waals surface area contributed by atoms with E-state index in [9.17, 15) is 29.1 Å². The predicted molar refractivity (Wildman–Crippen MR) is 121 cm³/mol. The van der Waals surface area contributed by atoms with Crippen molar-refractivity contribution in [3.8, 4) is 0 Å². The quantitative estimate of drug-likeness (QED) is 0.115. The average Bonchev–Trinajstić information content (AvgIpc) is 2.73. The molecule has 0 spiro atoms. The molecular formula is C19H36N6O6S. The number of nitrogens with one attached hydrogen (secondary N) is 3. The predicted octanol–water partition coefficient (Wildman–Crippen LogP) is -1.98. The summed E-state index contributed by atoms with van der Waals surface area (Å²) in [6, 6.07) is -4.17. The van der Waals surface area contributed by atoms with E-state index in [2.05, 4.69) is 16.0 Å². The lowest BCUT2D eigenvalue weighted by atomic mass is 10.1. The van der Waals surface area contributed by atoms with E-state index in [1.807, 2.05) is 6.26 Å². The van der Waals surface area contributed by atoms with Crippen LogP contribution in [0.3, 0.4) is 0 Å². The lowest BCUT2D eigenvalue weighted by molar-refractivity contribution is -0.142. The van der Waals surface area contributed by atoms with Gasteiger partial charge in [-0.05, 0) is 57.6 Å². The third kappa shape index (κ3) is 12.5. The monoisotopic (exact) mass is 476 g/mol. The average molecular weight is 477 g/mol. The van der Waals surface area contributed by atoms with Gasteiger partial charge in [-0.1, -0.05) is 0 Å². The first kappa shape index (κ1) is 29.6. The van der Waals surface area contributed by atoms with Gasteiger partial charge in [0.05, 0.1) is 6.04 Å². The largest absolute Gasteiger partial charge is 0.480 e. The van der Waals surface area contributed by atoms with Crippen molar-refractivity contribution in [2.24, 2.45) is 17.2 Å². The van der Waals surface area contributed by atoms with Gasteiger partial charge in [0.2, 0.25) is 23.6 Å². The van der Waals surface area contributed by atoms with Gasteiger partial charge in [-0.2, -0.15) is 11.8 Å². The van der Waals surface area contributed by atoms with Crippen molar-refractivity contribution < 1.29 is 29.1 Å². The highest BCUT2D eigenvalue weighted by Gasteiger charge is 2.28. The van der Waals surface area contributed by atoms with Crippen LogP contribution >= 0.6 is 11.8 Å². The van der Waals surface area contributed by atoms with Crippen LogP contribution < -0.4 is 33.2 Å². The van der Waals surface area contributed by atoms with Crippen LogP contribution in [0.2, 0.25) is 0 Å². The minimum absolute atomic E-state index is 0.0761. The third-order valence-corrected chi connectivity index (χ3v) is 5.24. The minimum Gasteiger partial charge on any atom is -0.480 e. The van der Waals surface area contributed by atoms with Crippen molar-refractivity contribution in [3.05, 3.63) is 0 Å². The molecule has 0 saturated carbocycles. The Bertz CT molecular complexity index is 650. The minimum atomic E-state index is -1.19. The van der Waals surface area contributed by atoms with E-state index < -0.39 is 53.8 Å². The molecule has 0 heterocycles. The SMILES string of the molecule is CSCCC(N)C(=O)NC(CCC(N)=O)C(=O)NC(C)C(=O)NC(CCCCN)C(=O)O. The summed E-state index contributed by atoms with van der Waals surface area (Å²) in [6.07, 6.45) is 3.36. The molecular weight excluding hydrogens is 440 g/mol. The summed E-state index contributed by atoms with van der Waals surface area (Å²) in [5.41, 5.74) is 16.3. The Labute approximate surface area is 192 Å². The fraction of sp³-hybridized carbons (Fsp3) is 0.737. The molecule has 0 radical (unpaired) electrons. The van der Waals surface area contributed by atoms with Gasteiger partial charge in [0.1, 0.15) is 18.1 Å². The number of primary amides is 1. The van der Waals surface area contributed by atoms with Crippen LogP contribution in [-0.2, 0) is 24.0 Å². The Morgan fingerprint density at radius 1 is 0.906 bits per heavy atom. The molecule has 4 unspecified atom stereocenters. The second-order valence-corrected chi connectivity index (χ2v) is 8.35. The Balaban J connectivity index is 5.03. The Morgan fingerprint density at radius 2 is 1.53 bits per heavy atom. The fourth-order valence-corrected chi connectivity index (χ4v) is 3.13. The maximum absolute atomic E-state index is 12.6. The van der Waals surface area contributed by atoms with Crippen molar-refractivity contribution in [3.63, 3.8) is 0 Å². The first-order chi connectivity index (χ1) is 15.0. The molecule has 0 aliphatic carbocycles. The van der Waals surface area contributed by atoms with Gasteiger partial charge < -0.3 is 38.3 Å². The van der Waals surface area contributed by atoms with Crippen molar-refractivity contribution in [2.45, 2.75) is 69.6 Å². The number of carbonyl (C=O) groups excluding carboxylic acids is 4. The van der Waals surface area contributed by atoms with E-state index in [1.54, 1.807) is 0 Å². The number of carboxylic acids is 1. The number of unbranched alkanes of at least 4 members (excludes halogenated alkanes) is 1. The molecule has 0 aromatic carbocycles. The number of amides is 4. The van der Waals surface area contributed by atoms with Crippen molar-refractivity contribution >= 4 is 41.4 Å². The molecule has 0 fully saturated rings. The number of rotatable bonds is 17. The van der Waals surface area contributed by atoms with Gasteiger partial charge in [0, 0.05) is 6.42 Å². The van der Waals surface area contributed by atoms with Gasteiger partial charge in [-0.3, -0.25) is 19.2 Å². The topological polar surface area (TPSA) is 220 Å². The van der Waals surface area contributed by atoms with Gasteiger partial charge in [0.15, 0.2) is 0 Å². The highest BCUT2D eigenvalue weighted by atomic mass is 32.2. The number of hydrogen-bond acceptors (Lipinski definition) is 8. The number of thioether (sulfide) groups is 1. The highest BCUT2D eigenvalue weighted by Crippen LogP contribution is 2.04. The fourth-order valence-electron chi connectivity index (χ4n) is 2.64. The van der Waals surface area contributed by atoms with Gasteiger partial charge in [-0.15, -0.1) is 0 Å². The van der Waals surface area contributed by atoms with Crippen LogP contribution in [-0.4, -0.2) is 77.4 Å². The summed E-state index contributed by atoms with van der Waals surface area (Å²) in [4.78, 5) is 59.8. The zero-order valence-corrected chi connectivity index (χ0v) is 19.4. The molecule has 0 saturated heterocycles. The molecule has 0 aromatic rings. The first-order valence-corrected chi connectivity index (χ1v) is 11.8. The molecule has 4 amide bonds. The number of nitrogens with two attached hydrogens (primary N) is 3. The zero-order valence-electron chi connectivity index (χ0n) is 18.6. The van der Waals surface area contributed by atoms with Crippen LogP contribution in [0.25, 0.3) is 0 Å². The van der Waals surface area contributed by atoms with Crippen LogP contribution in [0, 0.1) is 0 Å². The van der Waals surface area contributed by atoms with Crippen molar-refractivity contribution in [1.29, 1.82) is 0 Å². The molecule has 0 aromatic heterocycles. The van der Waals surface area contributed by atoms with Crippen molar-refractivity contribution in [2.75, 3.05) is 18.6 Å². The van der Waals surface area contributed by atoms with Crippen LogP contribution in [0.15, 0.2) is 0 Å². The molecule has 0 aliphatic rings. The van der Waals surface area contributed by atoms with Gasteiger partial charge in [0.25, 0.3) is 0 Å². The van der Waals surface area contributed by atoms with E-state index in [-0.39, 0.29) is 19.3 Å². The molecule has 13 heteroatoms. The van der Waals surface area contributed by atoms with Crippen LogP contribution in [0.4, 0.5) is 0 Å². The number of aliphatic carboxylic acids is 1. The molecule has 184 valence electrons. The van der Waals surface area contributed by atoms with Gasteiger partial charge in [-0.25, -0.2) is 4.79 Å². The molecule has 0 aliphatic heterocycles. The molecule has 0 bridgehead atoms. The second-order valence-electron chi connectivity index (χ2n) is 7.37. The van der Waals surface area contributed by atoms with Crippen molar-refractivity contribution in [1.82, 2.24) is 16.0 Å². The standard InChI is InChI=1S/C19H36N6O6S/c1-11(16(27)25-14(19(30)31)5-3-4-9-20)23-18(29)13(6-7-15(22)26)24-17(28)12(21)8-10-32-2/h11-14H,3-10,20-21H2,1-2H3,(H2,22,26)(H,23,29)(H,24,28)(H,25,27)(H,30,31). The Morgan fingerprint density at radius 3 is 2.06 bits per heavy atom. The summed E-state index contributed by atoms with van der Waals surface area (Å²) in [6.45, 7) is 1.79. The molecule has 4 atom stereocenters. The molecule has 12 nitrogen and oxygen atoms in total. The summed E-state index contributed by atoms with van der Waals surface area (Å²) in [7, 11) is 0. The van der Waals surface area contributed by atoms with E-state index in [1.165, 1.54) is 18.7 Å². The normalized spacial score (nSPS) is 14.5. The summed E-state index contributed by atoms with van der Waals surface area (Å²) in [5, 5.41) is 16.6. The smallest absolute Gasteiger partial charge is 0.326 e. The molecule has 10 N–H and O–H groups in total.